The number of imide groups is 1. The van der Waals surface area contributed by atoms with E-state index in [0.29, 0.717) is 5.56 Å². The van der Waals surface area contributed by atoms with Crippen molar-refractivity contribution in [1.82, 2.24) is 20.4 Å². The van der Waals surface area contributed by atoms with Gasteiger partial charge in [0.1, 0.15) is 11.8 Å². The van der Waals surface area contributed by atoms with Crippen LogP contribution in [-0.4, -0.2) is 27.0 Å². The van der Waals surface area contributed by atoms with Gasteiger partial charge in [-0.2, -0.15) is 4.98 Å². The summed E-state index contributed by atoms with van der Waals surface area (Å²) in [6.07, 6.45) is 2.97. The predicted octanol–water partition coefficient (Wildman–Crippen LogP) is 3.59. The molecule has 8 heteroatoms. The summed E-state index contributed by atoms with van der Waals surface area (Å²) in [7, 11) is 0. The van der Waals surface area contributed by atoms with E-state index in [2.05, 4.69) is 36.2 Å². The Bertz CT molecular complexity index is 1050. The predicted molar refractivity (Wildman–Crippen MR) is 104 cm³/mol. The Labute approximate surface area is 167 Å². The summed E-state index contributed by atoms with van der Waals surface area (Å²) < 4.78 is 10.2. The van der Waals surface area contributed by atoms with Crippen molar-refractivity contribution in [2.75, 3.05) is 0 Å². The van der Waals surface area contributed by atoms with E-state index in [-0.39, 0.29) is 29.6 Å². The van der Waals surface area contributed by atoms with Crippen molar-refractivity contribution in [2.24, 2.45) is 0 Å². The monoisotopic (exact) mass is 394 g/mol. The van der Waals surface area contributed by atoms with Gasteiger partial charge in [-0.25, -0.2) is 4.79 Å². The summed E-state index contributed by atoms with van der Waals surface area (Å²) in [5.41, 5.74) is 1.35. The van der Waals surface area contributed by atoms with E-state index in [0.717, 1.165) is 16.0 Å². The van der Waals surface area contributed by atoms with Gasteiger partial charge in [0.15, 0.2) is 5.82 Å². The average Bonchev–Trinajstić information content (AvgIpc) is 3.39. The van der Waals surface area contributed by atoms with Gasteiger partial charge in [0.05, 0.1) is 18.4 Å². The molecule has 0 aliphatic carbocycles. The molecule has 29 heavy (non-hydrogen) atoms. The molecule has 1 saturated heterocycles. The minimum atomic E-state index is -1.15. The fourth-order valence-corrected chi connectivity index (χ4v) is 3.30. The molecular weight excluding hydrogens is 372 g/mol. The lowest BCUT2D eigenvalue weighted by molar-refractivity contribution is -0.131. The van der Waals surface area contributed by atoms with Crippen LogP contribution < -0.4 is 5.32 Å². The third-order valence-electron chi connectivity index (χ3n) is 5.14. The lowest BCUT2D eigenvalue weighted by Crippen LogP contribution is -2.40. The number of hydrogen-bond donors (Lipinski definition) is 1. The number of carbonyl (C=O) groups excluding carboxylic acids is 2. The highest BCUT2D eigenvalue weighted by atomic mass is 16.5. The van der Waals surface area contributed by atoms with Gasteiger partial charge < -0.3 is 14.3 Å². The molecule has 0 spiro atoms. The first kappa shape index (κ1) is 18.9. The lowest BCUT2D eigenvalue weighted by atomic mass is 9.84. The standard InChI is InChI=1S/C21H22N4O4/c1-20(2,3)14-5-7-15(8-6-14)21(4)18(26)25(19(27)23-21)11-16-22-17(29-24-16)13-9-10-28-12-13/h5-10,12H,11H2,1-4H3,(H,23,27). The molecule has 1 aliphatic heterocycles. The van der Waals surface area contributed by atoms with E-state index in [1.54, 1.807) is 13.0 Å². The summed E-state index contributed by atoms with van der Waals surface area (Å²) in [4.78, 5) is 31.0. The minimum Gasteiger partial charge on any atom is -0.472 e. The molecule has 1 aromatic carbocycles. The van der Waals surface area contributed by atoms with Crippen LogP contribution in [0.3, 0.4) is 0 Å². The molecule has 0 bridgehead atoms. The van der Waals surface area contributed by atoms with Crippen LogP contribution in [0.5, 0.6) is 0 Å². The first-order chi connectivity index (χ1) is 13.7. The molecule has 2 aromatic heterocycles. The SMILES string of the molecule is CC(C)(C)c1ccc(C2(C)NC(=O)N(Cc3noc(-c4ccoc4)n3)C2=O)cc1. The molecule has 0 radical (unpaired) electrons. The Morgan fingerprint density at radius 1 is 1.14 bits per heavy atom. The number of carbonyl (C=O) groups is 2. The molecule has 1 fully saturated rings. The van der Waals surface area contributed by atoms with E-state index in [9.17, 15) is 9.59 Å². The summed E-state index contributed by atoms with van der Waals surface area (Å²) in [5, 5.41) is 6.66. The second-order valence-electron chi connectivity index (χ2n) is 8.30. The molecule has 3 amide bonds. The van der Waals surface area contributed by atoms with Crippen LogP contribution in [0.2, 0.25) is 0 Å². The number of nitrogens with zero attached hydrogens (tertiary/aromatic N) is 3. The van der Waals surface area contributed by atoms with Crippen molar-refractivity contribution in [3.05, 3.63) is 59.8 Å². The summed E-state index contributed by atoms with van der Waals surface area (Å²) in [6.45, 7) is 7.98. The molecule has 3 aromatic rings. The maximum atomic E-state index is 13.1. The number of amides is 3. The maximum Gasteiger partial charge on any atom is 0.325 e. The minimum absolute atomic E-state index is 0.000279. The van der Waals surface area contributed by atoms with Crippen molar-refractivity contribution in [1.29, 1.82) is 0 Å². The first-order valence-corrected chi connectivity index (χ1v) is 9.29. The number of furan rings is 1. The zero-order valence-corrected chi connectivity index (χ0v) is 16.7. The molecule has 150 valence electrons. The van der Waals surface area contributed by atoms with Crippen LogP contribution in [0.15, 0.2) is 51.8 Å². The highest BCUT2D eigenvalue weighted by Gasteiger charge is 2.49. The van der Waals surface area contributed by atoms with E-state index in [1.165, 1.54) is 12.5 Å². The van der Waals surface area contributed by atoms with Gasteiger partial charge in [-0.3, -0.25) is 9.69 Å². The van der Waals surface area contributed by atoms with E-state index < -0.39 is 11.6 Å². The van der Waals surface area contributed by atoms with Gasteiger partial charge >= 0.3 is 6.03 Å². The Kier molecular flexibility index (Phi) is 4.29. The number of nitrogens with one attached hydrogen (secondary N) is 1. The second kappa shape index (κ2) is 6.58. The highest BCUT2D eigenvalue weighted by Crippen LogP contribution is 2.31. The molecule has 0 saturated carbocycles. The number of urea groups is 1. The van der Waals surface area contributed by atoms with Crippen molar-refractivity contribution in [3.63, 3.8) is 0 Å². The molecular formula is C21H22N4O4. The van der Waals surface area contributed by atoms with Crippen LogP contribution in [-0.2, 0) is 22.3 Å². The Balaban J connectivity index is 1.55. The molecule has 3 heterocycles. The zero-order valence-electron chi connectivity index (χ0n) is 16.7. The third kappa shape index (κ3) is 3.30. The Morgan fingerprint density at radius 3 is 2.48 bits per heavy atom. The topological polar surface area (TPSA) is 101 Å². The number of aromatic nitrogens is 2. The van der Waals surface area contributed by atoms with Gasteiger partial charge in [-0.05, 0) is 29.5 Å². The van der Waals surface area contributed by atoms with E-state index >= 15 is 0 Å². The fraction of sp³-hybridized carbons (Fsp3) is 0.333. The number of rotatable bonds is 4. The highest BCUT2D eigenvalue weighted by molar-refractivity contribution is 6.07. The van der Waals surface area contributed by atoms with Crippen LogP contribution in [0.4, 0.5) is 4.79 Å². The molecule has 1 atom stereocenters. The van der Waals surface area contributed by atoms with Gasteiger partial charge in [-0.15, -0.1) is 0 Å². The number of hydrogen-bond acceptors (Lipinski definition) is 6. The molecule has 8 nitrogen and oxygen atoms in total. The van der Waals surface area contributed by atoms with E-state index in [4.69, 9.17) is 8.94 Å². The zero-order chi connectivity index (χ0) is 20.8. The maximum absolute atomic E-state index is 13.1. The second-order valence-corrected chi connectivity index (χ2v) is 8.30. The van der Waals surface area contributed by atoms with Crippen molar-refractivity contribution in [2.45, 2.75) is 45.2 Å². The van der Waals surface area contributed by atoms with Gasteiger partial charge in [0.2, 0.25) is 0 Å². The average molecular weight is 394 g/mol. The molecule has 4 rings (SSSR count). The van der Waals surface area contributed by atoms with Gasteiger partial charge in [-0.1, -0.05) is 50.2 Å². The van der Waals surface area contributed by atoms with Crippen molar-refractivity contribution >= 4 is 11.9 Å². The van der Waals surface area contributed by atoms with Crippen LogP contribution >= 0.6 is 0 Å². The number of benzene rings is 1. The van der Waals surface area contributed by atoms with Gasteiger partial charge in [0, 0.05) is 0 Å². The normalized spacial score (nSPS) is 19.7. The summed E-state index contributed by atoms with van der Waals surface area (Å²) in [6, 6.07) is 8.93. The summed E-state index contributed by atoms with van der Waals surface area (Å²) in [5.74, 6) is 0.138. The van der Waals surface area contributed by atoms with Crippen molar-refractivity contribution in [3.8, 4) is 11.5 Å². The fourth-order valence-electron chi connectivity index (χ4n) is 3.30. The quantitative estimate of drug-likeness (QED) is 0.679. The van der Waals surface area contributed by atoms with E-state index in [1.807, 2.05) is 24.3 Å². The Hall–Kier alpha value is -3.42. The largest absolute Gasteiger partial charge is 0.472 e. The van der Waals surface area contributed by atoms with Crippen molar-refractivity contribution < 1.29 is 18.5 Å². The molecule has 1 N–H and O–H groups in total. The Morgan fingerprint density at radius 2 is 1.86 bits per heavy atom. The molecule has 1 aliphatic rings. The van der Waals surface area contributed by atoms with Gasteiger partial charge in [0.25, 0.3) is 11.8 Å². The van der Waals surface area contributed by atoms with Crippen LogP contribution in [0.1, 0.15) is 44.6 Å². The third-order valence-corrected chi connectivity index (χ3v) is 5.14. The van der Waals surface area contributed by atoms with Crippen LogP contribution in [0, 0.1) is 0 Å². The lowest BCUT2D eigenvalue weighted by Gasteiger charge is -2.24. The first-order valence-electron chi connectivity index (χ1n) is 9.29. The van der Waals surface area contributed by atoms with Crippen LogP contribution in [0.25, 0.3) is 11.5 Å². The molecule has 1 unspecified atom stereocenters. The smallest absolute Gasteiger partial charge is 0.325 e. The summed E-state index contributed by atoms with van der Waals surface area (Å²) >= 11 is 0.